The van der Waals surface area contributed by atoms with Crippen LogP contribution in [-0.2, 0) is 6.54 Å². The van der Waals surface area contributed by atoms with Gasteiger partial charge in [-0.3, -0.25) is 0 Å². The molecule has 3 rings (SSSR count). The summed E-state index contributed by atoms with van der Waals surface area (Å²) in [5, 5.41) is 14.8. The van der Waals surface area contributed by atoms with E-state index in [1.54, 1.807) is 12.1 Å². The average molecular weight is 434 g/mol. The van der Waals surface area contributed by atoms with Crippen LogP contribution in [-0.4, -0.2) is 23.7 Å². The number of ether oxygens (including phenoxy) is 1. The molecule has 0 saturated heterocycles. The number of hydrogen-bond acceptors (Lipinski definition) is 4. The molecule has 168 valence electrons. The number of benzene rings is 2. The van der Waals surface area contributed by atoms with Crippen molar-refractivity contribution in [1.29, 1.82) is 5.26 Å². The van der Waals surface area contributed by atoms with Gasteiger partial charge in [-0.05, 0) is 49.6 Å². The van der Waals surface area contributed by atoms with Gasteiger partial charge in [-0.2, -0.15) is 5.26 Å². The van der Waals surface area contributed by atoms with Gasteiger partial charge in [0.05, 0.1) is 29.1 Å². The molecule has 2 amide bonds. The van der Waals surface area contributed by atoms with Gasteiger partial charge in [0.25, 0.3) is 0 Å². The second-order valence-corrected chi connectivity index (χ2v) is 7.60. The van der Waals surface area contributed by atoms with E-state index in [1.807, 2.05) is 37.3 Å². The molecule has 1 aromatic heterocycles. The first kappa shape index (κ1) is 23.2. The third-order valence-electron chi connectivity index (χ3n) is 5.35. The van der Waals surface area contributed by atoms with Crippen LogP contribution < -0.4 is 20.9 Å². The highest BCUT2D eigenvalue weighted by Crippen LogP contribution is 2.36. The summed E-state index contributed by atoms with van der Waals surface area (Å²) < 4.78 is 7.85. The Bertz CT molecular complexity index is 1110. The number of fused-ring (bicyclic) bond motifs is 1. The Labute approximate surface area is 189 Å². The summed E-state index contributed by atoms with van der Waals surface area (Å²) in [6.45, 7) is 8.08. The van der Waals surface area contributed by atoms with E-state index >= 15 is 0 Å². The molecule has 7 nitrogen and oxygen atoms in total. The first-order valence-corrected chi connectivity index (χ1v) is 11.2. The molecule has 0 radical (unpaired) electrons. The van der Waals surface area contributed by atoms with Gasteiger partial charge in [0, 0.05) is 24.5 Å². The van der Waals surface area contributed by atoms with E-state index in [4.69, 9.17) is 10.6 Å². The van der Waals surface area contributed by atoms with Crippen LogP contribution in [0.25, 0.3) is 22.2 Å². The Balaban J connectivity index is 2.00. The number of anilines is 1. The van der Waals surface area contributed by atoms with E-state index in [0.29, 0.717) is 24.4 Å². The highest BCUT2D eigenvalue weighted by atomic mass is 16.5. The molecule has 0 bridgehead atoms. The number of hydrogen-bond donors (Lipinski definition) is 2. The molecule has 0 aliphatic rings. The second-order valence-electron chi connectivity index (χ2n) is 7.60. The minimum atomic E-state index is -0.340. The van der Waals surface area contributed by atoms with Crippen LogP contribution in [0.2, 0.25) is 0 Å². The fourth-order valence-corrected chi connectivity index (χ4v) is 3.81. The van der Waals surface area contributed by atoms with Gasteiger partial charge < -0.3 is 14.6 Å². The SMILES string of the molecule is CCCCNC(=O)N(N)c1ccc(-c2c(C#N)c3ccc(OCC)cc3n2CCC)cc1. The third-order valence-corrected chi connectivity index (χ3v) is 5.35. The lowest BCUT2D eigenvalue weighted by molar-refractivity contribution is 0.246. The molecule has 3 aromatic rings. The van der Waals surface area contributed by atoms with Crippen molar-refractivity contribution >= 4 is 22.6 Å². The number of nitrogens with zero attached hydrogens (tertiary/aromatic N) is 3. The highest BCUT2D eigenvalue weighted by Gasteiger charge is 2.20. The lowest BCUT2D eigenvalue weighted by Crippen LogP contribution is -2.45. The molecular formula is C25H31N5O2. The first-order chi connectivity index (χ1) is 15.5. The molecule has 0 saturated carbocycles. The van der Waals surface area contributed by atoms with Gasteiger partial charge in [0.2, 0.25) is 0 Å². The van der Waals surface area contributed by atoms with Crippen molar-refractivity contribution < 1.29 is 9.53 Å². The number of urea groups is 1. The fraction of sp³-hybridized carbons (Fsp3) is 0.360. The van der Waals surface area contributed by atoms with E-state index in [2.05, 4.69) is 29.8 Å². The van der Waals surface area contributed by atoms with E-state index < -0.39 is 0 Å². The van der Waals surface area contributed by atoms with Crippen molar-refractivity contribution in [2.24, 2.45) is 5.84 Å². The predicted molar refractivity (Wildman–Crippen MR) is 129 cm³/mol. The van der Waals surface area contributed by atoms with Crippen molar-refractivity contribution in [3.8, 4) is 23.1 Å². The molecule has 0 aliphatic heterocycles. The Morgan fingerprint density at radius 3 is 2.53 bits per heavy atom. The topological polar surface area (TPSA) is 96.3 Å². The zero-order valence-corrected chi connectivity index (χ0v) is 19.0. The number of aromatic nitrogens is 1. The molecule has 32 heavy (non-hydrogen) atoms. The van der Waals surface area contributed by atoms with Gasteiger partial charge in [0.1, 0.15) is 11.8 Å². The number of aryl methyl sites for hydroxylation is 1. The van der Waals surface area contributed by atoms with Gasteiger partial charge in [-0.25, -0.2) is 15.6 Å². The molecule has 1 heterocycles. The maximum atomic E-state index is 12.2. The standard InChI is InChI=1S/C25H31N5O2/c1-4-7-14-28-25(31)30(27)19-10-8-18(9-11-19)24-22(17-26)21-13-12-20(32-6-3)16-23(21)29(24)15-5-2/h8-13,16H,4-7,14-15,27H2,1-3H3,(H,28,31). The first-order valence-electron chi connectivity index (χ1n) is 11.2. The monoisotopic (exact) mass is 433 g/mol. The smallest absolute Gasteiger partial charge is 0.336 e. The Morgan fingerprint density at radius 1 is 1.16 bits per heavy atom. The molecule has 7 heteroatoms. The number of nitrogens with one attached hydrogen (secondary N) is 1. The Kier molecular flexibility index (Phi) is 7.74. The van der Waals surface area contributed by atoms with Crippen LogP contribution in [0, 0.1) is 11.3 Å². The van der Waals surface area contributed by atoms with E-state index in [9.17, 15) is 10.1 Å². The largest absolute Gasteiger partial charge is 0.494 e. The number of nitriles is 1. The molecule has 2 aromatic carbocycles. The van der Waals surface area contributed by atoms with Crippen molar-refractivity contribution in [2.45, 2.75) is 46.6 Å². The molecule has 0 fully saturated rings. The van der Waals surface area contributed by atoms with Gasteiger partial charge in [-0.15, -0.1) is 0 Å². The van der Waals surface area contributed by atoms with Crippen LogP contribution >= 0.6 is 0 Å². The number of amides is 2. The normalized spacial score (nSPS) is 10.7. The summed E-state index contributed by atoms with van der Waals surface area (Å²) >= 11 is 0. The number of carbonyl (C=O) groups is 1. The van der Waals surface area contributed by atoms with Crippen molar-refractivity contribution in [3.63, 3.8) is 0 Å². The Hall–Kier alpha value is -3.50. The lowest BCUT2D eigenvalue weighted by Gasteiger charge is -2.18. The number of unbranched alkanes of at least 4 members (excludes halogenated alkanes) is 1. The quantitative estimate of drug-likeness (QED) is 0.210. The number of carbonyl (C=O) groups excluding carboxylic acids is 1. The third kappa shape index (κ3) is 4.71. The predicted octanol–water partition coefficient (Wildman–Crippen LogP) is 5.18. The number of hydrazine groups is 1. The number of nitrogens with two attached hydrogens (primary N) is 1. The van der Waals surface area contributed by atoms with Crippen LogP contribution in [0.15, 0.2) is 42.5 Å². The summed E-state index contributed by atoms with van der Waals surface area (Å²) in [7, 11) is 0. The number of rotatable bonds is 9. The van der Waals surface area contributed by atoms with E-state index in [-0.39, 0.29) is 6.03 Å². The Morgan fingerprint density at radius 2 is 1.91 bits per heavy atom. The van der Waals surface area contributed by atoms with Gasteiger partial charge >= 0.3 is 6.03 Å². The maximum Gasteiger partial charge on any atom is 0.336 e. The fourth-order valence-electron chi connectivity index (χ4n) is 3.81. The van der Waals surface area contributed by atoms with Gasteiger partial charge in [-0.1, -0.05) is 32.4 Å². The lowest BCUT2D eigenvalue weighted by atomic mass is 10.1. The molecule has 0 unspecified atom stereocenters. The molecule has 0 spiro atoms. The van der Waals surface area contributed by atoms with Gasteiger partial charge in [0.15, 0.2) is 0 Å². The molecule has 0 aliphatic carbocycles. The van der Waals surface area contributed by atoms with E-state index in [1.165, 1.54) is 0 Å². The minimum absolute atomic E-state index is 0.340. The van der Waals surface area contributed by atoms with E-state index in [0.717, 1.165) is 58.7 Å². The summed E-state index contributed by atoms with van der Waals surface area (Å²) in [5.41, 5.74) is 3.95. The zero-order valence-electron chi connectivity index (χ0n) is 19.0. The van der Waals surface area contributed by atoms with Crippen molar-refractivity contribution in [2.75, 3.05) is 18.2 Å². The van der Waals surface area contributed by atoms with Crippen LogP contribution in [0.4, 0.5) is 10.5 Å². The molecular weight excluding hydrogens is 402 g/mol. The zero-order chi connectivity index (χ0) is 23.1. The highest BCUT2D eigenvalue weighted by molar-refractivity contribution is 5.96. The molecule has 3 N–H and O–H groups in total. The minimum Gasteiger partial charge on any atom is -0.494 e. The second kappa shape index (κ2) is 10.7. The maximum absolute atomic E-state index is 12.2. The average Bonchev–Trinajstić information content (AvgIpc) is 3.12. The summed E-state index contributed by atoms with van der Waals surface area (Å²) in [5.74, 6) is 6.79. The summed E-state index contributed by atoms with van der Waals surface area (Å²) in [6, 6.07) is 15.3. The van der Waals surface area contributed by atoms with Crippen molar-refractivity contribution in [1.82, 2.24) is 9.88 Å². The van der Waals surface area contributed by atoms with Crippen LogP contribution in [0.1, 0.15) is 45.6 Å². The van der Waals surface area contributed by atoms with Crippen LogP contribution in [0.5, 0.6) is 5.75 Å². The molecule has 0 atom stereocenters. The van der Waals surface area contributed by atoms with Crippen molar-refractivity contribution in [3.05, 3.63) is 48.0 Å². The summed E-state index contributed by atoms with van der Waals surface area (Å²) in [6.07, 6.45) is 2.83. The van der Waals surface area contributed by atoms with Crippen LogP contribution in [0.3, 0.4) is 0 Å². The summed E-state index contributed by atoms with van der Waals surface area (Å²) in [4.78, 5) is 12.2.